The van der Waals surface area contributed by atoms with E-state index in [2.05, 4.69) is 4.98 Å². The molecule has 13 heteroatoms. The Labute approximate surface area is 206 Å². The number of aliphatic hydroxyl groups excluding tert-OH is 1. The van der Waals surface area contributed by atoms with Crippen LogP contribution in [0.1, 0.15) is 27.0 Å². The van der Waals surface area contributed by atoms with Crippen molar-refractivity contribution in [3.05, 3.63) is 57.7 Å². The number of halogens is 1. The number of benzene rings is 1. The van der Waals surface area contributed by atoms with Crippen LogP contribution in [0.4, 0.5) is 4.39 Å². The maximum absolute atomic E-state index is 14.9. The molecule has 0 bridgehead atoms. The Hall–Kier alpha value is -2.37. The highest BCUT2D eigenvalue weighted by Gasteiger charge is 2.46. The summed E-state index contributed by atoms with van der Waals surface area (Å²) in [7, 11) is -4.01. The van der Waals surface area contributed by atoms with E-state index in [-0.39, 0.29) is 22.8 Å². The van der Waals surface area contributed by atoms with E-state index in [0.717, 1.165) is 6.07 Å². The van der Waals surface area contributed by atoms with E-state index in [1.807, 2.05) is 0 Å². The molecular weight excluding hydrogens is 502 g/mol. The Morgan fingerprint density at radius 2 is 1.97 bits per heavy atom. The van der Waals surface area contributed by atoms with Crippen LogP contribution < -0.4 is 10.1 Å². The highest BCUT2D eigenvalue weighted by Crippen LogP contribution is 2.50. The van der Waals surface area contributed by atoms with Crippen LogP contribution >= 0.6 is 19.8 Å². The summed E-state index contributed by atoms with van der Waals surface area (Å²) in [6.45, 7) is 4.37. The average Bonchev–Trinajstić information content (AvgIpc) is 3.06. The normalized spacial score (nSPS) is 24.6. The summed E-state index contributed by atoms with van der Waals surface area (Å²) in [5.41, 5.74) is -0.459. The van der Waals surface area contributed by atoms with E-state index in [0.29, 0.717) is 0 Å². The van der Waals surface area contributed by atoms with Gasteiger partial charge in [0.25, 0.3) is 5.56 Å². The number of para-hydroxylation sites is 1. The second-order valence-corrected chi connectivity index (χ2v) is 10.8. The van der Waals surface area contributed by atoms with Gasteiger partial charge in [-0.1, -0.05) is 25.1 Å². The molecule has 0 aliphatic carbocycles. The molecule has 1 aromatic heterocycles. The maximum atomic E-state index is 14.9. The number of alkyl halides is 1. The van der Waals surface area contributed by atoms with E-state index in [1.54, 1.807) is 44.2 Å². The number of carbonyl (C=O) groups is 1. The standard InChI is InChI=1S/C22H28FN2O8PS/c1-13(2)31-21(28)14(3)12-34(29,33-15-7-5-4-6-8-15)30-11-16-18(23)19(27)20(32-16)25-10-9-17(26)24-22(25)35/h4-10,13-14,16,18-20,27H,11-12H2,1-3H3,(H,24,26,35)/t14-,16-,18+,19?,20-,34?/m1/s1. The summed E-state index contributed by atoms with van der Waals surface area (Å²) in [4.78, 5) is 26.1. The van der Waals surface area contributed by atoms with Crippen LogP contribution in [0, 0.1) is 10.7 Å². The number of aliphatic hydroxyl groups is 1. The smallest absolute Gasteiger partial charge is 0.380 e. The van der Waals surface area contributed by atoms with Gasteiger partial charge in [0.15, 0.2) is 17.2 Å². The first-order chi connectivity index (χ1) is 16.5. The van der Waals surface area contributed by atoms with Crippen LogP contribution in [0.3, 0.4) is 0 Å². The molecule has 35 heavy (non-hydrogen) atoms. The Balaban J connectivity index is 1.75. The molecule has 0 amide bonds. The number of H-pyrrole nitrogens is 1. The van der Waals surface area contributed by atoms with Crippen LogP contribution in [-0.4, -0.2) is 57.9 Å². The molecule has 1 aliphatic rings. The lowest BCUT2D eigenvalue weighted by Gasteiger charge is -2.24. The molecule has 3 rings (SSSR count). The number of esters is 1. The van der Waals surface area contributed by atoms with Crippen LogP contribution in [0.5, 0.6) is 5.75 Å². The SMILES string of the molecule is CC(C)OC(=O)[C@H](C)CP(=O)(OC[C@H]1O[C@@H](n2ccc(=O)[nH]c2=S)C(O)[C@H]1F)Oc1ccccc1. The van der Waals surface area contributed by atoms with Gasteiger partial charge in [0.2, 0.25) is 0 Å². The molecule has 1 fully saturated rings. The van der Waals surface area contributed by atoms with Gasteiger partial charge in [-0.15, -0.1) is 0 Å². The topological polar surface area (TPSA) is 129 Å². The molecular formula is C22H28FN2O8PS. The number of ether oxygens (including phenoxy) is 2. The van der Waals surface area contributed by atoms with Crippen LogP contribution in [0.15, 0.2) is 47.4 Å². The third-order valence-corrected chi connectivity index (χ3v) is 7.43. The van der Waals surface area contributed by atoms with Gasteiger partial charge in [0.05, 0.1) is 24.8 Å². The van der Waals surface area contributed by atoms with Crippen molar-refractivity contribution in [1.82, 2.24) is 9.55 Å². The van der Waals surface area contributed by atoms with Crippen molar-refractivity contribution in [1.29, 1.82) is 0 Å². The van der Waals surface area contributed by atoms with Gasteiger partial charge in [0.1, 0.15) is 18.0 Å². The number of aromatic nitrogens is 2. The molecule has 0 radical (unpaired) electrons. The number of hydrogen-bond donors (Lipinski definition) is 2. The predicted octanol–water partition coefficient (Wildman–Crippen LogP) is 3.38. The quantitative estimate of drug-likeness (QED) is 0.270. The second-order valence-electron chi connectivity index (χ2n) is 8.40. The Morgan fingerprint density at radius 3 is 2.60 bits per heavy atom. The summed E-state index contributed by atoms with van der Waals surface area (Å²) in [6, 6.07) is 9.36. The molecule has 2 aromatic rings. The molecule has 6 atom stereocenters. The van der Waals surface area contributed by atoms with Crippen molar-refractivity contribution in [3.8, 4) is 5.75 Å². The molecule has 1 saturated heterocycles. The Morgan fingerprint density at radius 1 is 1.29 bits per heavy atom. The fraction of sp³-hybridized carbons (Fsp3) is 0.500. The summed E-state index contributed by atoms with van der Waals surface area (Å²) in [6.07, 6.45) is -5.52. The number of aromatic amines is 1. The van der Waals surface area contributed by atoms with Crippen molar-refractivity contribution in [2.24, 2.45) is 5.92 Å². The lowest BCUT2D eigenvalue weighted by atomic mass is 10.1. The molecule has 192 valence electrons. The Kier molecular flexibility index (Phi) is 9.00. The van der Waals surface area contributed by atoms with E-state index in [9.17, 15) is 23.7 Å². The van der Waals surface area contributed by atoms with Crippen LogP contribution in [0.25, 0.3) is 0 Å². The first kappa shape index (κ1) is 27.2. The zero-order valence-corrected chi connectivity index (χ0v) is 21.1. The van der Waals surface area contributed by atoms with Crippen molar-refractivity contribution in [2.75, 3.05) is 12.8 Å². The molecule has 2 N–H and O–H groups in total. The first-order valence-electron chi connectivity index (χ1n) is 11.0. The highest BCUT2D eigenvalue weighted by molar-refractivity contribution is 7.71. The van der Waals surface area contributed by atoms with Gasteiger partial charge in [0, 0.05) is 12.3 Å². The third-order valence-electron chi connectivity index (χ3n) is 5.09. The number of nitrogens with one attached hydrogen (secondary N) is 1. The van der Waals surface area contributed by atoms with Gasteiger partial charge in [-0.2, -0.15) is 0 Å². The monoisotopic (exact) mass is 530 g/mol. The van der Waals surface area contributed by atoms with Crippen molar-refractivity contribution in [3.63, 3.8) is 0 Å². The lowest BCUT2D eigenvalue weighted by Crippen LogP contribution is -2.31. The van der Waals surface area contributed by atoms with Crippen molar-refractivity contribution in [2.45, 2.75) is 51.5 Å². The van der Waals surface area contributed by atoms with Gasteiger partial charge >= 0.3 is 13.6 Å². The minimum absolute atomic E-state index is 0.0640. The van der Waals surface area contributed by atoms with Gasteiger partial charge in [-0.25, -0.2) is 8.96 Å². The number of rotatable bonds is 10. The van der Waals surface area contributed by atoms with Gasteiger partial charge in [-0.3, -0.25) is 23.7 Å². The first-order valence-corrected chi connectivity index (χ1v) is 13.1. The molecule has 10 nitrogen and oxygen atoms in total. The van der Waals surface area contributed by atoms with E-state index in [1.165, 1.54) is 17.7 Å². The molecule has 1 aliphatic heterocycles. The van der Waals surface area contributed by atoms with Crippen molar-refractivity contribution < 1.29 is 37.4 Å². The molecule has 1 aromatic carbocycles. The lowest BCUT2D eigenvalue weighted by molar-refractivity contribution is -0.151. The minimum Gasteiger partial charge on any atom is -0.463 e. The minimum atomic E-state index is -4.01. The Bertz CT molecular complexity index is 1170. The number of hydrogen-bond acceptors (Lipinski definition) is 9. The van der Waals surface area contributed by atoms with Gasteiger partial charge in [-0.05, 0) is 38.2 Å². The molecule has 2 unspecified atom stereocenters. The van der Waals surface area contributed by atoms with Gasteiger partial charge < -0.3 is 19.1 Å². The fourth-order valence-corrected chi connectivity index (χ4v) is 5.54. The third kappa shape index (κ3) is 7.08. The van der Waals surface area contributed by atoms with E-state index in [4.69, 9.17) is 30.7 Å². The molecule has 2 heterocycles. The summed E-state index contributed by atoms with van der Waals surface area (Å²) in [5, 5.41) is 10.4. The van der Waals surface area contributed by atoms with Crippen LogP contribution in [-0.2, 0) is 23.4 Å². The maximum Gasteiger partial charge on any atom is 0.380 e. The fourth-order valence-electron chi connectivity index (χ4n) is 3.40. The summed E-state index contributed by atoms with van der Waals surface area (Å²) >= 11 is 5.06. The highest BCUT2D eigenvalue weighted by atomic mass is 32.1. The second kappa shape index (κ2) is 11.6. The summed E-state index contributed by atoms with van der Waals surface area (Å²) < 4.78 is 51.6. The molecule has 0 spiro atoms. The number of nitrogens with zero attached hydrogens (tertiary/aromatic N) is 1. The zero-order valence-electron chi connectivity index (χ0n) is 19.4. The van der Waals surface area contributed by atoms with E-state index >= 15 is 0 Å². The summed E-state index contributed by atoms with van der Waals surface area (Å²) in [5.74, 6) is -1.18. The van der Waals surface area contributed by atoms with E-state index < -0.39 is 56.3 Å². The molecule has 0 saturated carbocycles. The predicted molar refractivity (Wildman–Crippen MR) is 127 cm³/mol. The number of carbonyl (C=O) groups excluding carboxylic acids is 1. The largest absolute Gasteiger partial charge is 0.463 e. The zero-order chi connectivity index (χ0) is 25.8. The average molecular weight is 531 g/mol. The van der Waals surface area contributed by atoms with Crippen molar-refractivity contribution >= 4 is 25.8 Å². The van der Waals surface area contributed by atoms with Crippen LogP contribution in [0.2, 0.25) is 0 Å².